The molecule has 0 aliphatic rings. The van der Waals surface area contributed by atoms with Crippen LogP contribution in [0.3, 0.4) is 0 Å². The summed E-state index contributed by atoms with van der Waals surface area (Å²) >= 11 is 1.18. The predicted molar refractivity (Wildman–Crippen MR) is 51.4 cm³/mol. The third-order valence-corrected chi connectivity index (χ3v) is 2.78. The Hall–Kier alpha value is -1.49. The molecular formula is C9H6FNO2S. The maximum atomic E-state index is 12.4. The average molecular weight is 211 g/mol. The zero-order chi connectivity index (χ0) is 10.1. The smallest absolute Gasteiger partial charge is 0.335 e. The van der Waals surface area contributed by atoms with Gasteiger partial charge in [-0.2, -0.15) is 4.37 Å². The molecule has 0 unspecified atom stereocenters. The van der Waals surface area contributed by atoms with E-state index >= 15 is 0 Å². The highest BCUT2D eigenvalue weighted by Gasteiger charge is 2.09. The summed E-state index contributed by atoms with van der Waals surface area (Å²) in [6, 6.07) is 4.59. The van der Waals surface area contributed by atoms with Crippen molar-refractivity contribution < 1.29 is 14.3 Å². The Morgan fingerprint density at radius 2 is 2.36 bits per heavy atom. The molecule has 0 spiro atoms. The largest absolute Gasteiger partial charge is 0.478 e. The lowest BCUT2D eigenvalue weighted by Crippen LogP contribution is -1.95. The Kier molecular flexibility index (Phi) is 2.17. The molecule has 1 N–H and O–H groups in total. The highest BCUT2D eigenvalue weighted by atomic mass is 32.1. The van der Waals surface area contributed by atoms with E-state index in [2.05, 4.69) is 4.37 Å². The van der Waals surface area contributed by atoms with Gasteiger partial charge in [-0.1, -0.05) is 0 Å². The molecule has 1 heterocycles. The Morgan fingerprint density at radius 1 is 1.57 bits per heavy atom. The molecule has 0 saturated heterocycles. The second kappa shape index (κ2) is 3.34. The van der Waals surface area contributed by atoms with Crippen LogP contribution in [0.4, 0.5) is 4.39 Å². The van der Waals surface area contributed by atoms with Crippen molar-refractivity contribution in [1.29, 1.82) is 0 Å². The monoisotopic (exact) mass is 211 g/mol. The van der Waals surface area contributed by atoms with Crippen molar-refractivity contribution >= 4 is 27.6 Å². The van der Waals surface area contributed by atoms with E-state index in [1.165, 1.54) is 23.7 Å². The van der Waals surface area contributed by atoms with E-state index in [-0.39, 0.29) is 5.56 Å². The molecule has 1 aromatic carbocycles. The van der Waals surface area contributed by atoms with Crippen LogP contribution in [0.5, 0.6) is 0 Å². The number of aromatic carboxylic acids is 1. The zero-order valence-electron chi connectivity index (χ0n) is 7.03. The number of carbonyl (C=O) groups is 1. The fourth-order valence-electron chi connectivity index (χ4n) is 1.22. The van der Waals surface area contributed by atoms with Gasteiger partial charge in [-0.05, 0) is 29.7 Å². The Balaban J connectivity index is 2.67. The molecule has 0 fully saturated rings. The molecule has 0 aliphatic heterocycles. The van der Waals surface area contributed by atoms with Crippen LogP contribution >= 0.6 is 11.5 Å². The molecule has 0 bridgehead atoms. The SMILES string of the molecule is O=C(O)c1ccc2snc(CF)c2c1. The fourth-order valence-corrected chi connectivity index (χ4v) is 1.98. The van der Waals surface area contributed by atoms with Gasteiger partial charge in [0, 0.05) is 5.39 Å². The zero-order valence-corrected chi connectivity index (χ0v) is 7.84. The van der Waals surface area contributed by atoms with Crippen molar-refractivity contribution in [2.45, 2.75) is 6.67 Å². The van der Waals surface area contributed by atoms with Crippen molar-refractivity contribution in [2.75, 3.05) is 0 Å². The van der Waals surface area contributed by atoms with E-state index in [0.29, 0.717) is 11.1 Å². The third-order valence-electron chi connectivity index (χ3n) is 1.92. The fraction of sp³-hybridized carbons (Fsp3) is 0.111. The number of carboxylic acid groups (broad SMARTS) is 1. The summed E-state index contributed by atoms with van der Waals surface area (Å²) in [5.41, 5.74) is 0.473. The van der Waals surface area contributed by atoms with Gasteiger partial charge in [0.05, 0.1) is 16.0 Å². The van der Waals surface area contributed by atoms with Crippen LogP contribution in [-0.4, -0.2) is 15.4 Å². The Bertz CT molecular complexity index is 495. The highest BCUT2D eigenvalue weighted by molar-refractivity contribution is 7.13. The maximum absolute atomic E-state index is 12.4. The van der Waals surface area contributed by atoms with E-state index < -0.39 is 12.6 Å². The highest BCUT2D eigenvalue weighted by Crippen LogP contribution is 2.24. The van der Waals surface area contributed by atoms with Crippen LogP contribution in [0, 0.1) is 0 Å². The van der Waals surface area contributed by atoms with Crippen LogP contribution < -0.4 is 0 Å². The van der Waals surface area contributed by atoms with Crippen molar-refractivity contribution in [3.8, 4) is 0 Å². The van der Waals surface area contributed by atoms with E-state index in [1.54, 1.807) is 6.07 Å². The van der Waals surface area contributed by atoms with Crippen molar-refractivity contribution in [3.63, 3.8) is 0 Å². The number of nitrogens with zero attached hydrogens (tertiary/aromatic N) is 1. The number of hydrogen-bond donors (Lipinski definition) is 1. The molecule has 0 atom stereocenters. The number of halogens is 1. The topological polar surface area (TPSA) is 50.2 Å². The number of benzene rings is 1. The van der Waals surface area contributed by atoms with Gasteiger partial charge in [0.15, 0.2) is 0 Å². The summed E-state index contributed by atoms with van der Waals surface area (Å²) in [6.07, 6.45) is 0. The molecule has 14 heavy (non-hydrogen) atoms. The van der Waals surface area contributed by atoms with Gasteiger partial charge in [-0.25, -0.2) is 9.18 Å². The van der Waals surface area contributed by atoms with Gasteiger partial charge in [-0.3, -0.25) is 0 Å². The van der Waals surface area contributed by atoms with Gasteiger partial charge >= 0.3 is 5.97 Å². The Morgan fingerprint density at radius 3 is 3.00 bits per heavy atom. The molecule has 2 aromatic rings. The Labute approximate surface area is 83.0 Å². The first-order valence-corrected chi connectivity index (χ1v) is 4.67. The summed E-state index contributed by atoms with van der Waals surface area (Å²) in [5, 5.41) is 9.33. The molecule has 0 aliphatic carbocycles. The minimum Gasteiger partial charge on any atom is -0.478 e. The number of hydrogen-bond acceptors (Lipinski definition) is 3. The maximum Gasteiger partial charge on any atom is 0.335 e. The molecule has 0 amide bonds. The van der Waals surface area contributed by atoms with Crippen LogP contribution in [-0.2, 0) is 6.67 Å². The van der Waals surface area contributed by atoms with Gasteiger partial charge < -0.3 is 5.11 Å². The lowest BCUT2D eigenvalue weighted by molar-refractivity contribution is 0.0697. The second-order valence-electron chi connectivity index (χ2n) is 2.78. The summed E-state index contributed by atoms with van der Waals surface area (Å²) in [5.74, 6) is -1.01. The van der Waals surface area contributed by atoms with E-state index in [1.807, 2.05) is 0 Å². The first kappa shape index (κ1) is 9.08. The minimum absolute atomic E-state index is 0.160. The van der Waals surface area contributed by atoms with Crippen LogP contribution in [0.2, 0.25) is 0 Å². The summed E-state index contributed by atoms with van der Waals surface area (Å²) in [6.45, 7) is -0.664. The molecular weight excluding hydrogens is 205 g/mol. The number of carboxylic acids is 1. The number of aromatic nitrogens is 1. The van der Waals surface area contributed by atoms with Crippen LogP contribution in [0.1, 0.15) is 16.1 Å². The molecule has 72 valence electrons. The number of alkyl halides is 1. The second-order valence-corrected chi connectivity index (χ2v) is 3.58. The van der Waals surface area contributed by atoms with Crippen molar-refractivity contribution in [2.24, 2.45) is 0 Å². The average Bonchev–Trinajstić information content (AvgIpc) is 2.59. The number of fused-ring (bicyclic) bond motifs is 1. The van der Waals surface area contributed by atoms with Gasteiger partial charge in [0.2, 0.25) is 0 Å². The molecule has 3 nitrogen and oxygen atoms in total. The predicted octanol–water partition coefficient (Wildman–Crippen LogP) is 2.46. The van der Waals surface area contributed by atoms with Gasteiger partial charge in [0.1, 0.15) is 6.67 Å². The first-order valence-electron chi connectivity index (χ1n) is 3.90. The third kappa shape index (κ3) is 1.35. The first-order chi connectivity index (χ1) is 6.72. The lowest BCUT2D eigenvalue weighted by Gasteiger charge is -1.94. The van der Waals surface area contributed by atoms with Crippen molar-refractivity contribution in [3.05, 3.63) is 29.5 Å². The van der Waals surface area contributed by atoms with E-state index in [9.17, 15) is 9.18 Å². The molecule has 5 heteroatoms. The normalized spacial score (nSPS) is 10.6. The number of rotatable bonds is 2. The standard InChI is InChI=1S/C9H6FNO2S/c10-4-7-6-3-5(9(12)13)1-2-8(6)14-11-7/h1-3H,4H2,(H,12,13). The molecule has 0 radical (unpaired) electrons. The van der Waals surface area contributed by atoms with E-state index in [0.717, 1.165) is 4.70 Å². The lowest BCUT2D eigenvalue weighted by atomic mass is 10.1. The molecule has 1 aromatic heterocycles. The van der Waals surface area contributed by atoms with Crippen LogP contribution in [0.25, 0.3) is 10.1 Å². The van der Waals surface area contributed by atoms with Gasteiger partial charge in [0.25, 0.3) is 0 Å². The van der Waals surface area contributed by atoms with E-state index in [4.69, 9.17) is 5.11 Å². The van der Waals surface area contributed by atoms with Gasteiger partial charge in [-0.15, -0.1) is 0 Å². The summed E-state index contributed by atoms with van der Waals surface area (Å²) in [4.78, 5) is 10.7. The quantitative estimate of drug-likeness (QED) is 0.830. The van der Waals surface area contributed by atoms with Crippen molar-refractivity contribution in [1.82, 2.24) is 4.37 Å². The summed E-state index contributed by atoms with van der Waals surface area (Å²) < 4.78 is 17.1. The molecule has 2 rings (SSSR count). The minimum atomic E-state index is -1.01. The molecule has 0 saturated carbocycles. The summed E-state index contributed by atoms with van der Waals surface area (Å²) in [7, 11) is 0. The van der Waals surface area contributed by atoms with Crippen LogP contribution in [0.15, 0.2) is 18.2 Å².